The fourth-order valence-electron chi connectivity index (χ4n) is 2.37. The minimum absolute atomic E-state index is 0.00236. The summed E-state index contributed by atoms with van der Waals surface area (Å²) in [4.78, 5) is 0.00236. The van der Waals surface area contributed by atoms with E-state index in [2.05, 4.69) is 0 Å². The molecule has 1 rings (SSSR count). The molecule has 2 N–H and O–H groups in total. The van der Waals surface area contributed by atoms with Crippen LogP contribution in [0, 0.1) is 0 Å². The molecule has 1 atom stereocenters. The van der Waals surface area contributed by atoms with Gasteiger partial charge in [-0.25, -0.2) is 13.6 Å². The second kappa shape index (κ2) is 8.39. The Morgan fingerprint density at radius 1 is 1.00 bits per heavy atom. The first-order valence-corrected chi connectivity index (χ1v) is 10.9. The van der Waals surface area contributed by atoms with Gasteiger partial charge in [0.2, 0.25) is 10.0 Å². The SMILES string of the molecule is CCCN(CCC)S(=O)(=O)N(C)[C@H](C)c1ccc(S(N)(=O)=O)cc1. The molecule has 0 spiro atoms. The van der Waals surface area contributed by atoms with Gasteiger partial charge in [0.25, 0.3) is 10.2 Å². The summed E-state index contributed by atoms with van der Waals surface area (Å²) in [5.74, 6) is 0. The first-order chi connectivity index (χ1) is 11.1. The molecular weight excluding hydrogens is 350 g/mol. The van der Waals surface area contributed by atoms with Crippen LogP contribution in [0.2, 0.25) is 0 Å². The van der Waals surface area contributed by atoms with Crippen LogP contribution in [0.4, 0.5) is 0 Å². The normalized spacial score (nSPS) is 14.3. The Hall–Kier alpha value is -1.00. The number of nitrogens with zero attached hydrogens (tertiary/aromatic N) is 2. The van der Waals surface area contributed by atoms with Crippen molar-refractivity contribution in [1.82, 2.24) is 8.61 Å². The van der Waals surface area contributed by atoms with Crippen molar-refractivity contribution in [3.8, 4) is 0 Å². The van der Waals surface area contributed by atoms with Crippen LogP contribution >= 0.6 is 0 Å². The number of rotatable bonds is 9. The molecular formula is C15H27N3O4S2. The van der Waals surface area contributed by atoms with Crippen molar-refractivity contribution < 1.29 is 16.8 Å². The van der Waals surface area contributed by atoms with E-state index in [1.54, 1.807) is 19.1 Å². The average molecular weight is 378 g/mol. The maximum absolute atomic E-state index is 12.8. The number of nitrogens with two attached hydrogens (primary N) is 1. The summed E-state index contributed by atoms with van der Waals surface area (Å²) in [6, 6.07) is 5.51. The molecule has 138 valence electrons. The zero-order chi connectivity index (χ0) is 18.5. The summed E-state index contributed by atoms with van der Waals surface area (Å²) in [5, 5.41) is 5.08. The third-order valence-electron chi connectivity index (χ3n) is 3.87. The molecule has 0 radical (unpaired) electrons. The third kappa shape index (κ3) is 5.00. The van der Waals surface area contributed by atoms with Crippen molar-refractivity contribution in [1.29, 1.82) is 0 Å². The second-order valence-corrected chi connectivity index (χ2v) is 9.26. The summed E-state index contributed by atoms with van der Waals surface area (Å²) >= 11 is 0. The molecule has 0 aliphatic rings. The molecule has 0 aromatic heterocycles. The van der Waals surface area contributed by atoms with E-state index in [9.17, 15) is 16.8 Å². The lowest BCUT2D eigenvalue weighted by molar-refractivity contribution is 0.327. The Balaban J connectivity index is 3.06. The molecule has 0 aliphatic carbocycles. The van der Waals surface area contributed by atoms with Gasteiger partial charge in [0.05, 0.1) is 4.90 Å². The first kappa shape index (κ1) is 21.0. The van der Waals surface area contributed by atoms with Crippen molar-refractivity contribution in [2.24, 2.45) is 5.14 Å². The minimum Gasteiger partial charge on any atom is -0.225 e. The highest BCUT2D eigenvalue weighted by atomic mass is 32.2. The van der Waals surface area contributed by atoms with Crippen molar-refractivity contribution >= 4 is 20.2 Å². The zero-order valence-electron chi connectivity index (χ0n) is 14.6. The van der Waals surface area contributed by atoms with E-state index >= 15 is 0 Å². The summed E-state index contributed by atoms with van der Waals surface area (Å²) in [6.07, 6.45) is 1.48. The molecule has 1 aromatic rings. The largest absolute Gasteiger partial charge is 0.282 e. The van der Waals surface area contributed by atoms with Gasteiger partial charge < -0.3 is 0 Å². The van der Waals surface area contributed by atoms with Crippen LogP contribution in [0.15, 0.2) is 29.2 Å². The van der Waals surface area contributed by atoms with Crippen LogP contribution in [0.25, 0.3) is 0 Å². The van der Waals surface area contributed by atoms with E-state index in [0.29, 0.717) is 18.7 Å². The van der Waals surface area contributed by atoms with E-state index in [1.165, 1.54) is 27.8 Å². The summed E-state index contributed by atoms with van der Waals surface area (Å²) in [5.41, 5.74) is 0.696. The number of sulfonamides is 1. The highest BCUT2D eigenvalue weighted by molar-refractivity contribution is 7.89. The highest BCUT2D eigenvalue weighted by Gasteiger charge is 2.30. The topological polar surface area (TPSA) is 101 Å². The van der Waals surface area contributed by atoms with Crippen molar-refractivity contribution in [3.05, 3.63) is 29.8 Å². The molecule has 0 fully saturated rings. The average Bonchev–Trinajstić information content (AvgIpc) is 2.52. The fourth-order valence-corrected chi connectivity index (χ4v) is 4.60. The van der Waals surface area contributed by atoms with E-state index in [4.69, 9.17) is 5.14 Å². The van der Waals surface area contributed by atoms with Crippen LogP contribution in [0.1, 0.15) is 45.2 Å². The van der Waals surface area contributed by atoms with Crippen LogP contribution in [-0.4, -0.2) is 45.6 Å². The number of hydrogen-bond donors (Lipinski definition) is 1. The molecule has 9 heteroatoms. The van der Waals surface area contributed by atoms with Gasteiger partial charge in [-0.15, -0.1) is 0 Å². The Kier molecular flexibility index (Phi) is 7.36. The predicted octanol–water partition coefficient (Wildman–Crippen LogP) is 1.69. The van der Waals surface area contributed by atoms with E-state index in [1.807, 2.05) is 13.8 Å². The number of hydrogen-bond acceptors (Lipinski definition) is 4. The molecule has 1 aromatic carbocycles. The van der Waals surface area contributed by atoms with Gasteiger partial charge in [-0.2, -0.15) is 17.0 Å². The first-order valence-electron chi connectivity index (χ1n) is 7.91. The fraction of sp³-hybridized carbons (Fsp3) is 0.600. The number of benzene rings is 1. The summed E-state index contributed by atoms with van der Waals surface area (Å²) < 4.78 is 51.0. The third-order valence-corrected chi connectivity index (χ3v) is 6.86. The van der Waals surface area contributed by atoms with Gasteiger partial charge >= 0.3 is 0 Å². The van der Waals surface area contributed by atoms with Gasteiger partial charge in [0, 0.05) is 26.2 Å². The van der Waals surface area contributed by atoms with Crippen molar-refractivity contribution in [2.75, 3.05) is 20.1 Å². The van der Waals surface area contributed by atoms with Gasteiger partial charge in [0.15, 0.2) is 0 Å². The molecule has 0 aliphatic heterocycles. The molecule has 0 heterocycles. The maximum Gasteiger partial charge on any atom is 0.282 e. The Morgan fingerprint density at radius 3 is 1.83 bits per heavy atom. The Morgan fingerprint density at radius 2 is 1.46 bits per heavy atom. The molecule has 0 amide bonds. The van der Waals surface area contributed by atoms with Crippen LogP contribution in [0.3, 0.4) is 0 Å². The van der Waals surface area contributed by atoms with Gasteiger partial charge in [-0.3, -0.25) is 0 Å². The van der Waals surface area contributed by atoms with E-state index in [-0.39, 0.29) is 4.90 Å². The van der Waals surface area contributed by atoms with Gasteiger partial charge in [0.1, 0.15) is 0 Å². The van der Waals surface area contributed by atoms with Crippen molar-refractivity contribution in [3.63, 3.8) is 0 Å². The number of primary sulfonamides is 1. The standard InChI is InChI=1S/C15H27N3O4S2/c1-5-11-18(12-6-2)24(21,22)17(4)13(3)14-7-9-15(10-8-14)23(16,19)20/h7-10,13H,5-6,11-12H2,1-4H3,(H2,16,19,20)/t13-/m1/s1. The van der Waals surface area contributed by atoms with Crippen LogP contribution in [0.5, 0.6) is 0 Å². The van der Waals surface area contributed by atoms with Gasteiger partial charge in [-0.05, 0) is 37.5 Å². The molecule has 0 saturated carbocycles. The van der Waals surface area contributed by atoms with E-state index < -0.39 is 26.3 Å². The Bertz CT molecular complexity index is 724. The highest BCUT2D eigenvalue weighted by Crippen LogP contribution is 2.24. The van der Waals surface area contributed by atoms with Crippen LogP contribution in [-0.2, 0) is 20.2 Å². The molecule has 24 heavy (non-hydrogen) atoms. The lowest BCUT2D eigenvalue weighted by atomic mass is 10.1. The summed E-state index contributed by atoms with van der Waals surface area (Å²) in [7, 11) is -5.82. The quantitative estimate of drug-likeness (QED) is 0.707. The summed E-state index contributed by atoms with van der Waals surface area (Å²) in [6.45, 7) is 6.58. The predicted molar refractivity (Wildman–Crippen MR) is 95.1 cm³/mol. The van der Waals surface area contributed by atoms with Gasteiger partial charge in [-0.1, -0.05) is 26.0 Å². The minimum atomic E-state index is -3.76. The van der Waals surface area contributed by atoms with E-state index in [0.717, 1.165) is 12.8 Å². The second-order valence-electron chi connectivity index (χ2n) is 5.71. The Labute approximate surface area is 145 Å². The lowest BCUT2D eigenvalue weighted by Gasteiger charge is -2.31. The van der Waals surface area contributed by atoms with Crippen molar-refractivity contribution in [2.45, 2.75) is 44.6 Å². The maximum atomic E-state index is 12.8. The molecule has 0 bridgehead atoms. The lowest BCUT2D eigenvalue weighted by Crippen LogP contribution is -2.43. The molecule has 0 unspecified atom stereocenters. The zero-order valence-corrected chi connectivity index (χ0v) is 16.3. The van der Waals surface area contributed by atoms with Crippen LogP contribution < -0.4 is 5.14 Å². The molecule has 0 saturated heterocycles. The monoisotopic (exact) mass is 377 g/mol. The smallest absolute Gasteiger partial charge is 0.225 e. The molecule has 7 nitrogen and oxygen atoms in total.